The van der Waals surface area contributed by atoms with E-state index in [1.165, 1.54) is 21.9 Å². The van der Waals surface area contributed by atoms with Crippen LogP contribution in [0.1, 0.15) is 36.6 Å². The molecule has 1 heterocycles. The first-order chi connectivity index (χ1) is 13.1. The van der Waals surface area contributed by atoms with Gasteiger partial charge < -0.3 is 14.8 Å². The van der Waals surface area contributed by atoms with Gasteiger partial charge in [-0.1, -0.05) is 43.3 Å². The predicted molar refractivity (Wildman–Crippen MR) is 108 cm³/mol. The molecular weight excluding hydrogens is 360 g/mol. The molecule has 0 saturated heterocycles. The number of carbonyl (C=O) groups excluding carboxylic acids is 1. The first kappa shape index (κ1) is 19.5. The minimum absolute atomic E-state index is 0.319. The van der Waals surface area contributed by atoms with Crippen molar-refractivity contribution in [1.82, 2.24) is 9.97 Å². The Balaban J connectivity index is 1.60. The second-order valence-corrected chi connectivity index (χ2v) is 7.53. The van der Waals surface area contributed by atoms with Crippen molar-refractivity contribution in [1.29, 1.82) is 0 Å². The Hall–Kier alpha value is -2.31. The number of aryl methyl sites for hydroxylation is 1. The highest BCUT2D eigenvalue weighted by Gasteiger charge is 2.22. The molecule has 0 amide bonds. The second kappa shape index (κ2) is 9.06. The number of ether oxygens (including phenoxy) is 1. The van der Waals surface area contributed by atoms with E-state index < -0.39 is 18.2 Å². The number of nitrogens with one attached hydrogen (secondary N) is 1. The van der Waals surface area contributed by atoms with Crippen molar-refractivity contribution >= 4 is 28.5 Å². The van der Waals surface area contributed by atoms with E-state index in [0.29, 0.717) is 12.1 Å². The van der Waals surface area contributed by atoms with Crippen LogP contribution in [-0.2, 0) is 11.2 Å². The largest absolute Gasteiger partial charge is 0.455 e. The zero-order chi connectivity index (χ0) is 19.2. The smallest absolute Gasteiger partial charge is 0.356 e. The summed E-state index contributed by atoms with van der Waals surface area (Å²) in [6.45, 7) is 3.60. The quantitative estimate of drug-likeness (QED) is 0.449. The number of thioether (sulfide) groups is 1. The lowest BCUT2D eigenvalue weighted by atomic mass is 10.1. The van der Waals surface area contributed by atoms with Gasteiger partial charge in [0.1, 0.15) is 17.6 Å². The van der Waals surface area contributed by atoms with Gasteiger partial charge in [-0.15, -0.1) is 11.8 Å². The van der Waals surface area contributed by atoms with Crippen molar-refractivity contribution in [2.24, 2.45) is 0 Å². The molecule has 0 aliphatic carbocycles. The summed E-state index contributed by atoms with van der Waals surface area (Å²) in [4.78, 5) is 20.5. The van der Waals surface area contributed by atoms with E-state index in [2.05, 4.69) is 34.2 Å². The van der Waals surface area contributed by atoms with Crippen LogP contribution < -0.4 is 0 Å². The number of aliphatic hydroxyl groups is 1. The third-order valence-corrected chi connectivity index (χ3v) is 5.50. The van der Waals surface area contributed by atoms with Gasteiger partial charge in [0.15, 0.2) is 0 Å². The average Bonchev–Trinajstić information content (AvgIpc) is 3.16. The highest BCUT2D eigenvalue weighted by Crippen LogP contribution is 2.29. The minimum Gasteiger partial charge on any atom is -0.455 e. The number of H-pyrrole nitrogens is 1. The molecule has 0 radical (unpaired) electrons. The van der Waals surface area contributed by atoms with Crippen LogP contribution in [0.3, 0.4) is 0 Å². The van der Waals surface area contributed by atoms with Crippen molar-refractivity contribution < 1.29 is 14.6 Å². The van der Waals surface area contributed by atoms with Crippen LogP contribution in [0.5, 0.6) is 0 Å². The molecule has 27 heavy (non-hydrogen) atoms. The van der Waals surface area contributed by atoms with E-state index in [1.807, 2.05) is 25.1 Å². The summed E-state index contributed by atoms with van der Waals surface area (Å²) in [5, 5.41) is 12.4. The predicted octanol–water partition coefficient (Wildman–Crippen LogP) is 4.21. The van der Waals surface area contributed by atoms with Crippen LogP contribution in [0.25, 0.3) is 10.8 Å². The number of rotatable bonds is 8. The third-order valence-electron chi connectivity index (χ3n) is 4.39. The van der Waals surface area contributed by atoms with Gasteiger partial charge in [-0.3, -0.25) is 0 Å². The topological polar surface area (TPSA) is 75.2 Å². The number of nitrogens with zero attached hydrogens (tertiary/aromatic N) is 1. The van der Waals surface area contributed by atoms with Gasteiger partial charge in [0.2, 0.25) is 0 Å². The van der Waals surface area contributed by atoms with Gasteiger partial charge in [0.05, 0.1) is 12.3 Å². The van der Waals surface area contributed by atoms with Gasteiger partial charge in [-0.2, -0.15) is 0 Å². The van der Waals surface area contributed by atoms with Crippen molar-refractivity contribution in [3.8, 4) is 0 Å². The van der Waals surface area contributed by atoms with E-state index in [9.17, 15) is 9.90 Å². The molecule has 5 nitrogen and oxygen atoms in total. The van der Waals surface area contributed by atoms with Gasteiger partial charge >= 0.3 is 5.97 Å². The molecule has 2 N–H and O–H groups in total. The minimum atomic E-state index is -0.740. The molecule has 2 aromatic carbocycles. The fraction of sp³-hybridized carbons (Fsp3) is 0.333. The first-order valence-corrected chi connectivity index (χ1v) is 10.1. The highest BCUT2D eigenvalue weighted by molar-refractivity contribution is 7.99. The number of hydrogen-bond donors (Lipinski definition) is 2. The Morgan fingerprint density at radius 2 is 2.04 bits per heavy atom. The molecule has 142 valence electrons. The maximum Gasteiger partial charge on any atom is 0.356 e. The number of imidazole rings is 1. The number of aromatic amines is 1. The lowest BCUT2D eigenvalue weighted by Crippen LogP contribution is -2.30. The fourth-order valence-corrected chi connectivity index (χ4v) is 3.94. The van der Waals surface area contributed by atoms with E-state index in [1.54, 1.807) is 18.7 Å². The molecule has 0 aliphatic rings. The normalized spacial score (nSPS) is 13.4. The van der Waals surface area contributed by atoms with Crippen LogP contribution in [0, 0.1) is 0 Å². The number of aromatic nitrogens is 2. The van der Waals surface area contributed by atoms with Gasteiger partial charge in [0.25, 0.3) is 0 Å². The molecule has 1 aromatic heterocycles. The number of hydrogen-bond acceptors (Lipinski definition) is 5. The molecule has 3 rings (SSSR count). The van der Waals surface area contributed by atoms with Crippen LogP contribution in [0.4, 0.5) is 0 Å². The average molecular weight is 385 g/mol. The van der Waals surface area contributed by atoms with E-state index in [0.717, 1.165) is 18.0 Å². The second-order valence-electron chi connectivity index (χ2n) is 6.40. The van der Waals surface area contributed by atoms with E-state index in [4.69, 9.17) is 4.74 Å². The first-order valence-electron chi connectivity index (χ1n) is 9.12. The van der Waals surface area contributed by atoms with Crippen LogP contribution in [0.15, 0.2) is 53.6 Å². The molecule has 6 heteroatoms. The third kappa shape index (κ3) is 4.90. The summed E-state index contributed by atoms with van der Waals surface area (Å²) in [5.41, 5.74) is 0.319. The van der Waals surface area contributed by atoms with Crippen molar-refractivity contribution in [2.75, 3.05) is 5.75 Å². The maximum atomic E-state index is 12.3. The van der Waals surface area contributed by atoms with Gasteiger partial charge in [0, 0.05) is 17.1 Å². The van der Waals surface area contributed by atoms with Crippen molar-refractivity contribution in [3.05, 3.63) is 60.2 Å². The Kier molecular flexibility index (Phi) is 6.53. The SMILES string of the molecule is CCc1ncc(C(=O)O[C@H](CCSc2cccc3ccccc23)[C@H](C)O)[nH]1. The summed E-state index contributed by atoms with van der Waals surface area (Å²) in [5.74, 6) is 0.991. The molecule has 0 spiro atoms. The number of fused-ring (bicyclic) bond motifs is 1. The van der Waals surface area contributed by atoms with Crippen LogP contribution in [-0.4, -0.2) is 39.0 Å². The van der Waals surface area contributed by atoms with E-state index >= 15 is 0 Å². The summed E-state index contributed by atoms with van der Waals surface area (Å²) in [6.07, 6.45) is 1.45. The standard InChI is InChI=1S/C21H24N2O3S/c1-3-20-22-13-17(23-20)21(25)26-18(14(2)24)11-12-27-19-10-6-8-15-7-4-5-9-16(15)19/h4-10,13-14,18,24H,3,11-12H2,1-2H3,(H,22,23)/t14-,18+/m0/s1. The molecule has 2 atom stereocenters. The Morgan fingerprint density at radius 1 is 1.26 bits per heavy atom. The zero-order valence-electron chi connectivity index (χ0n) is 15.5. The maximum absolute atomic E-state index is 12.3. The summed E-state index contributed by atoms with van der Waals surface area (Å²) >= 11 is 1.70. The Morgan fingerprint density at radius 3 is 2.78 bits per heavy atom. The van der Waals surface area contributed by atoms with Gasteiger partial charge in [-0.05, 0) is 30.2 Å². The van der Waals surface area contributed by atoms with Crippen LogP contribution >= 0.6 is 11.8 Å². The number of carbonyl (C=O) groups is 1. The van der Waals surface area contributed by atoms with Crippen LogP contribution in [0.2, 0.25) is 0 Å². The van der Waals surface area contributed by atoms with Gasteiger partial charge in [-0.25, -0.2) is 9.78 Å². The fourth-order valence-electron chi connectivity index (χ4n) is 2.85. The number of aliphatic hydroxyl groups excluding tert-OH is 1. The highest BCUT2D eigenvalue weighted by atomic mass is 32.2. The molecule has 0 bridgehead atoms. The Bertz CT molecular complexity index is 902. The van der Waals surface area contributed by atoms with Crippen molar-refractivity contribution in [3.63, 3.8) is 0 Å². The summed E-state index contributed by atoms with van der Waals surface area (Å²) < 4.78 is 5.51. The van der Waals surface area contributed by atoms with Crippen molar-refractivity contribution in [2.45, 2.75) is 43.8 Å². The van der Waals surface area contributed by atoms with E-state index in [-0.39, 0.29) is 0 Å². The summed E-state index contributed by atoms with van der Waals surface area (Å²) in [7, 11) is 0. The molecule has 0 aliphatic heterocycles. The molecule has 0 fully saturated rings. The molecule has 0 saturated carbocycles. The monoisotopic (exact) mass is 384 g/mol. The Labute approximate surface area is 163 Å². The molecule has 0 unspecified atom stereocenters. The lowest BCUT2D eigenvalue weighted by Gasteiger charge is -2.20. The lowest BCUT2D eigenvalue weighted by molar-refractivity contribution is -0.0134. The number of esters is 1. The summed E-state index contributed by atoms with van der Waals surface area (Å²) in [6, 6.07) is 14.5. The number of benzene rings is 2. The molecular formula is C21H24N2O3S. The molecule has 3 aromatic rings. The zero-order valence-corrected chi connectivity index (χ0v) is 16.3.